The van der Waals surface area contributed by atoms with Crippen molar-refractivity contribution in [1.82, 2.24) is 10.4 Å². The number of hydrogen-bond donors (Lipinski definition) is 2. The van der Waals surface area contributed by atoms with Crippen LogP contribution in [0.5, 0.6) is 0 Å². The second-order valence-corrected chi connectivity index (χ2v) is 5.48. The minimum Gasteiger partial charge on any atom is -0.465 e. The molecule has 0 saturated carbocycles. The van der Waals surface area contributed by atoms with E-state index in [9.17, 15) is 19.2 Å². The van der Waals surface area contributed by atoms with E-state index in [1.807, 2.05) is 0 Å². The summed E-state index contributed by atoms with van der Waals surface area (Å²) in [6, 6.07) is 0. The molecule has 28 heavy (non-hydrogen) atoms. The van der Waals surface area contributed by atoms with Gasteiger partial charge in [0.2, 0.25) is 0 Å². The fraction of sp³-hybridized carbons (Fsp3) is 0.750. The van der Waals surface area contributed by atoms with Gasteiger partial charge in [0.1, 0.15) is 0 Å². The summed E-state index contributed by atoms with van der Waals surface area (Å²) in [7, 11) is 0. The van der Waals surface area contributed by atoms with Crippen molar-refractivity contribution in [2.75, 3.05) is 59.4 Å². The summed E-state index contributed by atoms with van der Waals surface area (Å²) in [6.45, 7) is 2.65. The largest absolute Gasteiger partial charge is 0.465 e. The van der Waals surface area contributed by atoms with Crippen LogP contribution in [0.4, 0.5) is 4.79 Å². The standard InChI is InChI=1S/C16H26N2O10/c19-13-1-2-14(20)18(13)28-15(21)3-5-24-7-9-26-11-12-27-10-8-25-6-4-17-16(22)23/h17H,1-12H2,(H,22,23). The Morgan fingerprint density at radius 2 is 1.29 bits per heavy atom. The molecule has 0 atom stereocenters. The van der Waals surface area contributed by atoms with Gasteiger partial charge in [0.05, 0.1) is 59.3 Å². The van der Waals surface area contributed by atoms with E-state index in [1.54, 1.807) is 0 Å². The fourth-order valence-electron chi connectivity index (χ4n) is 1.95. The number of amides is 3. The number of imide groups is 1. The summed E-state index contributed by atoms with van der Waals surface area (Å²) in [5, 5.41) is 11.0. The van der Waals surface area contributed by atoms with Gasteiger partial charge in [-0.15, -0.1) is 5.06 Å². The van der Waals surface area contributed by atoms with Gasteiger partial charge in [-0.3, -0.25) is 9.59 Å². The number of nitrogens with zero attached hydrogens (tertiary/aromatic N) is 1. The normalized spacial score (nSPS) is 13.8. The monoisotopic (exact) mass is 406 g/mol. The summed E-state index contributed by atoms with van der Waals surface area (Å²) in [4.78, 5) is 48.9. The molecule has 2 N–H and O–H groups in total. The summed E-state index contributed by atoms with van der Waals surface area (Å²) in [6.07, 6.45) is -1.06. The summed E-state index contributed by atoms with van der Waals surface area (Å²) in [5.41, 5.74) is 0. The number of carbonyl (C=O) groups excluding carboxylic acids is 3. The molecule has 0 aromatic carbocycles. The third-order valence-corrected chi connectivity index (χ3v) is 3.29. The lowest BCUT2D eigenvalue weighted by Crippen LogP contribution is -2.32. The molecule has 0 aromatic rings. The van der Waals surface area contributed by atoms with Crippen LogP contribution in [-0.4, -0.2) is 93.4 Å². The van der Waals surface area contributed by atoms with Crippen LogP contribution in [0.15, 0.2) is 0 Å². The number of hydrogen-bond acceptors (Lipinski definition) is 9. The van der Waals surface area contributed by atoms with Crippen LogP contribution < -0.4 is 5.32 Å². The molecule has 160 valence electrons. The van der Waals surface area contributed by atoms with E-state index >= 15 is 0 Å². The predicted octanol–water partition coefficient (Wildman–Crippen LogP) is -0.682. The first-order chi connectivity index (χ1) is 13.5. The van der Waals surface area contributed by atoms with Crippen LogP contribution in [0.3, 0.4) is 0 Å². The van der Waals surface area contributed by atoms with E-state index in [0.29, 0.717) is 38.1 Å². The highest BCUT2D eigenvalue weighted by Crippen LogP contribution is 2.12. The van der Waals surface area contributed by atoms with Gasteiger partial charge >= 0.3 is 12.1 Å². The molecule has 0 spiro atoms. The maximum atomic E-state index is 11.5. The summed E-state index contributed by atoms with van der Waals surface area (Å²) >= 11 is 0. The molecule has 0 bridgehead atoms. The van der Waals surface area contributed by atoms with Crippen molar-refractivity contribution in [3.63, 3.8) is 0 Å². The third kappa shape index (κ3) is 11.4. The van der Waals surface area contributed by atoms with E-state index < -0.39 is 23.9 Å². The second kappa shape index (κ2) is 14.7. The number of carbonyl (C=O) groups is 4. The van der Waals surface area contributed by atoms with Gasteiger partial charge in [0, 0.05) is 19.4 Å². The molecule has 1 saturated heterocycles. The Labute approximate surface area is 161 Å². The molecule has 0 aliphatic carbocycles. The molecule has 3 amide bonds. The van der Waals surface area contributed by atoms with Gasteiger partial charge in [-0.1, -0.05) is 0 Å². The number of hydroxylamine groups is 2. The van der Waals surface area contributed by atoms with Crippen molar-refractivity contribution < 1.29 is 48.1 Å². The molecule has 1 aliphatic rings. The number of rotatable bonds is 16. The molecule has 1 heterocycles. The molecule has 12 heteroatoms. The van der Waals surface area contributed by atoms with Gasteiger partial charge in [-0.05, 0) is 0 Å². The molecule has 1 rings (SSSR count). The molecule has 0 radical (unpaired) electrons. The Balaban J connectivity index is 1.80. The number of carboxylic acid groups (broad SMARTS) is 1. The van der Waals surface area contributed by atoms with Crippen molar-refractivity contribution in [1.29, 1.82) is 0 Å². The quantitative estimate of drug-likeness (QED) is 0.249. The lowest BCUT2D eigenvalue weighted by atomic mass is 10.4. The Kier molecular flexibility index (Phi) is 12.5. The SMILES string of the molecule is O=C(O)NCCOCCOCCOCCOCCC(=O)ON1C(=O)CCC1=O. The van der Waals surface area contributed by atoms with E-state index in [1.165, 1.54) is 0 Å². The van der Waals surface area contributed by atoms with Crippen molar-refractivity contribution in [2.24, 2.45) is 0 Å². The Hall–Kier alpha value is -2.28. The number of ether oxygens (including phenoxy) is 4. The summed E-state index contributed by atoms with van der Waals surface area (Å²) in [5.74, 6) is -1.74. The molecular formula is C16H26N2O10. The average Bonchev–Trinajstić information content (AvgIpc) is 2.96. The minimum absolute atomic E-state index is 0.0565. The van der Waals surface area contributed by atoms with Crippen LogP contribution in [0, 0.1) is 0 Å². The van der Waals surface area contributed by atoms with Crippen molar-refractivity contribution >= 4 is 23.9 Å². The minimum atomic E-state index is -1.09. The maximum absolute atomic E-state index is 11.5. The molecule has 1 aliphatic heterocycles. The Bertz CT molecular complexity index is 498. The van der Waals surface area contributed by atoms with Gasteiger partial charge in [-0.2, -0.15) is 0 Å². The molecule has 0 unspecified atom stereocenters. The van der Waals surface area contributed by atoms with Crippen molar-refractivity contribution in [3.8, 4) is 0 Å². The second-order valence-electron chi connectivity index (χ2n) is 5.48. The molecule has 1 fully saturated rings. The molecule has 0 aromatic heterocycles. The Morgan fingerprint density at radius 3 is 1.79 bits per heavy atom. The Morgan fingerprint density at radius 1 is 0.821 bits per heavy atom. The highest BCUT2D eigenvalue weighted by molar-refractivity contribution is 6.01. The van der Waals surface area contributed by atoms with Crippen LogP contribution in [0.1, 0.15) is 19.3 Å². The number of nitrogens with one attached hydrogen (secondary N) is 1. The highest BCUT2D eigenvalue weighted by atomic mass is 16.7. The topological polar surface area (TPSA) is 150 Å². The lowest BCUT2D eigenvalue weighted by molar-refractivity contribution is -0.198. The lowest BCUT2D eigenvalue weighted by Gasteiger charge is -2.12. The predicted molar refractivity (Wildman–Crippen MR) is 91.1 cm³/mol. The first-order valence-electron chi connectivity index (χ1n) is 8.85. The van der Waals surface area contributed by atoms with Gasteiger partial charge in [0.15, 0.2) is 0 Å². The van der Waals surface area contributed by atoms with Crippen LogP contribution in [-0.2, 0) is 38.2 Å². The third-order valence-electron chi connectivity index (χ3n) is 3.29. The van der Waals surface area contributed by atoms with Gasteiger partial charge < -0.3 is 34.2 Å². The van der Waals surface area contributed by atoms with E-state index in [0.717, 1.165) is 0 Å². The zero-order valence-corrected chi connectivity index (χ0v) is 15.6. The molecular weight excluding hydrogens is 380 g/mol. The smallest absolute Gasteiger partial charge is 0.404 e. The van der Waals surface area contributed by atoms with Crippen LogP contribution in [0.2, 0.25) is 0 Å². The van der Waals surface area contributed by atoms with Gasteiger partial charge in [-0.25, -0.2) is 9.59 Å². The zero-order chi connectivity index (χ0) is 20.6. The summed E-state index contributed by atoms with van der Waals surface area (Å²) < 4.78 is 20.9. The van der Waals surface area contributed by atoms with Crippen LogP contribution >= 0.6 is 0 Å². The van der Waals surface area contributed by atoms with E-state index in [2.05, 4.69) is 10.2 Å². The zero-order valence-electron chi connectivity index (χ0n) is 15.6. The van der Waals surface area contributed by atoms with Crippen molar-refractivity contribution in [2.45, 2.75) is 19.3 Å². The maximum Gasteiger partial charge on any atom is 0.404 e. The van der Waals surface area contributed by atoms with E-state index in [-0.39, 0.29) is 45.6 Å². The van der Waals surface area contributed by atoms with Crippen molar-refractivity contribution in [3.05, 3.63) is 0 Å². The molecule has 12 nitrogen and oxygen atoms in total. The first-order valence-corrected chi connectivity index (χ1v) is 8.85. The highest BCUT2D eigenvalue weighted by Gasteiger charge is 2.32. The van der Waals surface area contributed by atoms with Crippen LogP contribution in [0.25, 0.3) is 0 Å². The van der Waals surface area contributed by atoms with E-state index in [4.69, 9.17) is 24.1 Å². The average molecular weight is 406 g/mol. The first kappa shape index (κ1) is 23.8. The van der Waals surface area contributed by atoms with Gasteiger partial charge in [0.25, 0.3) is 11.8 Å². The fourth-order valence-corrected chi connectivity index (χ4v) is 1.95.